The summed E-state index contributed by atoms with van der Waals surface area (Å²) in [6, 6.07) is 10.1. The molecule has 0 aliphatic heterocycles. The van der Waals surface area contributed by atoms with E-state index in [1.54, 1.807) is 29.9 Å². The van der Waals surface area contributed by atoms with Crippen LogP contribution in [-0.4, -0.2) is 40.1 Å². The van der Waals surface area contributed by atoms with Crippen molar-refractivity contribution in [3.05, 3.63) is 60.1 Å². The number of hydrogen-bond donors (Lipinski definition) is 2. The summed E-state index contributed by atoms with van der Waals surface area (Å²) in [6.45, 7) is 2.10. The lowest BCUT2D eigenvalue weighted by molar-refractivity contribution is 1.10. The van der Waals surface area contributed by atoms with Gasteiger partial charge in [-0.05, 0) is 37.3 Å². The predicted molar refractivity (Wildman–Crippen MR) is 116 cm³/mol. The molecule has 8 nitrogen and oxygen atoms in total. The first kappa shape index (κ1) is 16.9. The molecule has 0 fully saturated rings. The normalized spacial score (nSPS) is 11.5. The molecular weight excluding hydrogens is 396 g/mol. The summed E-state index contributed by atoms with van der Waals surface area (Å²) in [5.74, 6) is 0.624. The highest BCUT2D eigenvalue weighted by Crippen LogP contribution is 2.33. The van der Waals surface area contributed by atoms with Crippen LogP contribution in [0.4, 0.5) is 0 Å². The average Bonchev–Trinajstić information content (AvgIpc) is 3.51. The van der Waals surface area contributed by atoms with E-state index < -0.39 is 0 Å². The van der Waals surface area contributed by atoms with Crippen molar-refractivity contribution in [3.8, 4) is 33.2 Å². The number of fused-ring (bicyclic) bond motifs is 2. The molecule has 144 valence electrons. The molecule has 0 aromatic carbocycles. The van der Waals surface area contributed by atoms with E-state index in [4.69, 9.17) is 9.97 Å². The van der Waals surface area contributed by atoms with Crippen LogP contribution in [0.1, 0.15) is 4.88 Å². The van der Waals surface area contributed by atoms with Gasteiger partial charge in [-0.1, -0.05) is 0 Å². The van der Waals surface area contributed by atoms with Gasteiger partial charge in [0.15, 0.2) is 17.2 Å². The second-order valence-corrected chi connectivity index (χ2v) is 8.13. The number of imidazole rings is 1. The van der Waals surface area contributed by atoms with E-state index in [1.165, 1.54) is 11.2 Å². The first-order chi connectivity index (χ1) is 14.8. The SMILES string of the molecule is Cc1ccc(-c2ccnc3[nH]c(-c4n[nH]c5ccc(-c6cncnc6)nc45)nc23)s1. The predicted octanol–water partition coefficient (Wildman–Crippen LogP) is 4.39. The lowest BCUT2D eigenvalue weighted by Crippen LogP contribution is -1.88. The Morgan fingerprint density at radius 3 is 2.67 bits per heavy atom. The number of pyridine rings is 2. The van der Waals surface area contributed by atoms with Gasteiger partial charge in [0.05, 0.1) is 11.2 Å². The lowest BCUT2D eigenvalue weighted by Gasteiger charge is -2.00. The molecule has 6 heterocycles. The minimum atomic E-state index is 0.624. The van der Waals surface area contributed by atoms with Crippen molar-refractivity contribution in [2.24, 2.45) is 0 Å². The molecule has 30 heavy (non-hydrogen) atoms. The molecule has 2 N–H and O–H groups in total. The van der Waals surface area contributed by atoms with Crippen LogP contribution in [0.5, 0.6) is 0 Å². The summed E-state index contributed by atoms with van der Waals surface area (Å²) in [5, 5.41) is 7.50. The first-order valence-corrected chi connectivity index (χ1v) is 10.1. The highest BCUT2D eigenvalue weighted by molar-refractivity contribution is 7.15. The van der Waals surface area contributed by atoms with Crippen LogP contribution < -0.4 is 0 Å². The largest absolute Gasteiger partial charge is 0.321 e. The van der Waals surface area contributed by atoms with Crippen LogP contribution in [0.3, 0.4) is 0 Å². The second kappa shape index (κ2) is 6.53. The van der Waals surface area contributed by atoms with Gasteiger partial charge in [-0.15, -0.1) is 11.3 Å². The fourth-order valence-electron chi connectivity index (χ4n) is 3.46. The molecule has 9 heteroatoms. The van der Waals surface area contributed by atoms with Crippen molar-refractivity contribution in [2.45, 2.75) is 6.92 Å². The minimum Gasteiger partial charge on any atom is -0.321 e. The summed E-state index contributed by atoms with van der Waals surface area (Å²) in [4.78, 5) is 28.0. The number of nitrogens with one attached hydrogen (secondary N) is 2. The van der Waals surface area contributed by atoms with Gasteiger partial charge in [-0.25, -0.2) is 24.9 Å². The number of H-pyrrole nitrogens is 2. The van der Waals surface area contributed by atoms with Crippen LogP contribution in [0.25, 0.3) is 55.4 Å². The highest BCUT2D eigenvalue weighted by atomic mass is 32.1. The fourth-order valence-corrected chi connectivity index (χ4v) is 4.35. The molecule has 0 radical (unpaired) electrons. The molecule has 0 amide bonds. The smallest absolute Gasteiger partial charge is 0.162 e. The van der Waals surface area contributed by atoms with Crippen LogP contribution in [0.15, 0.2) is 55.2 Å². The Hall–Kier alpha value is -3.98. The van der Waals surface area contributed by atoms with Crippen molar-refractivity contribution in [1.82, 2.24) is 40.1 Å². The molecule has 0 bridgehead atoms. The van der Waals surface area contributed by atoms with Crippen molar-refractivity contribution in [1.29, 1.82) is 0 Å². The van der Waals surface area contributed by atoms with E-state index in [0.29, 0.717) is 11.5 Å². The molecule has 6 aromatic rings. The second-order valence-electron chi connectivity index (χ2n) is 6.84. The zero-order valence-corrected chi connectivity index (χ0v) is 16.6. The van der Waals surface area contributed by atoms with Gasteiger partial charge in [0.2, 0.25) is 0 Å². The Labute approximate surface area is 174 Å². The van der Waals surface area contributed by atoms with E-state index in [-0.39, 0.29) is 0 Å². The Morgan fingerprint density at radius 2 is 1.83 bits per heavy atom. The number of hydrogen-bond acceptors (Lipinski definition) is 7. The van der Waals surface area contributed by atoms with Gasteiger partial charge in [-0.3, -0.25) is 5.10 Å². The number of nitrogens with zero attached hydrogens (tertiary/aromatic N) is 6. The topological polar surface area (TPSA) is 109 Å². The van der Waals surface area contributed by atoms with Crippen molar-refractivity contribution in [2.75, 3.05) is 0 Å². The minimum absolute atomic E-state index is 0.624. The molecule has 0 saturated heterocycles. The quantitative estimate of drug-likeness (QED) is 0.448. The van der Waals surface area contributed by atoms with Crippen LogP contribution in [0, 0.1) is 6.92 Å². The van der Waals surface area contributed by atoms with E-state index in [2.05, 4.69) is 49.2 Å². The Bertz CT molecular complexity index is 1510. The third-order valence-corrected chi connectivity index (χ3v) is 5.91. The zero-order valence-electron chi connectivity index (χ0n) is 15.8. The highest BCUT2D eigenvalue weighted by Gasteiger charge is 2.17. The summed E-state index contributed by atoms with van der Waals surface area (Å²) < 4.78 is 0. The summed E-state index contributed by atoms with van der Waals surface area (Å²) in [7, 11) is 0. The number of aromatic amines is 2. The fraction of sp³-hybridized carbons (Fsp3) is 0.0476. The molecular formula is C21H14N8S. The molecule has 6 aromatic heterocycles. The maximum absolute atomic E-state index is 4.83. The molecule has 0 aliphatic carbocycles. The molecule has 0 spiro atoms. The lowest BCUT2D eigenvalue weighted by atomic mass is 10.2. The Balaban J connectivity index is 1.52. The van der Waals surface area contributed by atoms with Crippen LogP contribution in [0.2, 0.25) is 0 Å². The summed E-state index contributed by atoms with van der Waals surface area (Å²) in [6.07, 6.45) is 6.77. The third-order valence-electron chi connectivity index (χ3n) is 4.88. The summed E-state index contributed by atoms with van der Waals surface area (Å²) >= 11 is 1.74. The zero-order chi connectivity index (χ0) is 20.1. The van der Waals surface area contributed by atoms with Crippen molar-refractivity contribution < 1.29 is 0 Å². The van der Waals surface area contributed by atoms with Crippen molar-refractivity contribution in [3.63, 3.8) is 0 Å². The molecule has 0 unspecified atom stereocenters. The monoisotopic (exact) mass is 410 g/mol. The van der Waals surface area contributed by atoms with Gasteiger partial charge >= 0.3 is 0 Å². The standard InChI is InChI=1S/C21H14N8S/c1-11-2-5-16(30-11)13-6-7-24-20-17(13)26-21(27-20)19-18-15(28-29-19)4-3-14(25-18)12-8-22-10-23-9-12/h2-10H,1H3,(H,28,29)(H,24,26,27). The van der Waals surface area contributed by atoms with Gasteiger partial charge in [0, 0.05) is 39.5 Å². The van der Waals surface area contributed by atoms with E-state index in [1.807, 2.05) is 18.2 Å². The Kier molecular flexibility index (Phi) is 3.68. The third kappa shape index (κ3) is 2.67. The number of aromatic nitrogens is 8. The first-order valence-electron chi connectivity index (χ1n) is 9.29. The molecule has 0 aliphatic rings. The molecule has 0 atom stereocenters. The van der Waals surface area contributed by atoms with Gasteiger partial charge in [0.1, 0.15) is 17.4 Å². The number of rotatable bonds is 3. The van der Waals surface area contributed by atoms with Gasteiger partial charge in [-0.2, -0.15) is 5.10 Å². The van der Waals surface area contributed by atoms with E-state index >= 15 is 0 Å². The molecule has 6 rings (SSSR count). The maximum Gasteiger partial charge on any atom is 0.162 e. The van der Waals surface area contributed by atoms with Gasteiger partial charge in [0.25, 0.3) is 0 Å². The summed E-state index contributed by atoms with van der Waals surface area (Å²) in [5.41, 5.74) is 6.40. The van der Waals surface area contributed by atoms with E-state index in [9.17, 15) is 0 Å². The van der Waals surface area contributed by atoms with Crippen molar-refractivity contribution >= 4 is 33.5 Å². The molecule has 0 saturated carbocycles. The van der Waals surface area contributed by atoms with Crippen LogP contribution >= 0.6 is 11.3 Å². The number of thiophene rings is 1. The van der Waals surface area contributed by atoms with E-state index in [0.717, 1.165) is 43.9 Å². The average molecular weight is 410 g/mol. The number of aryl methyl sites for hydroxylation is 1. The van der Waals surface area contributed by atoms with Crippen LogP contribution in [-0.2, 0) is 0 Å². The Morgan fingerprint density at radius 1 is 0.933 bits per heavy atom. The maximum atomic E-state index is 4.83. The van der Waals surface area contributed by atoms with Gasteiger partial charge < -0.3 is 4.98 Å².